The molecule has 0 aliphatic rings. The van der Waals surface area contributed by atoms with Gasteiger partial charge in [-0.15, -0.1) is 11.3 Å². The number of thiophene rings is 1. The van der Waals surface area contributed by atoms with E-state index in [0.717, 1.165) is 10.9 Å². The number of nitrogens with two attached hydrogens (primary N) is 1. The van der Waals surface area contributed by atoms with Crippen LogP contribution < -0.4 is 10.5 Å². The van der Waals surface area contributed by atoms with Gasteiger partial charge >= 0.3 is 0 Å². The molecule has 0 saturated carbocycles. The molecule has 2 aromatic rings. The first-order chi connectivity index (χ1) is 9.79. The largest absolute Gasteiger partial charge is 0.398 e. The van der Waals surface area contributed by atoms with Crippen LogP contribution in [-0.4, -0.2) is 14.5 Å². The van der Waals surface area contributed by atoms with E-state index < -0.39 is 15.8 Å². The molecular weight excluding hydrogens is 311 g/mol. The van der Waals surface area contributed by atoms with Crippen LogP contribution >= 0.6 is 11.3 Å². The average Bonchev–Trinajstić information content (AvgIpc) is 2.87. The number of rotatable bonds is 5. The van der Waals surface area contributed by atoms with Crippen molar-refractivity contribution in [2.75, 3.05) is 5.73 Å². The summed E-state index contributed by atoms with van der Waals surface area (Å²) in [7, 11) is -3.79. The molecule has 1 aromatic heterocycles. The Morgan fingerprint density at radius 2 is 2.14 bits per heavy atom. The van der Waals surface area contributed by atoms with Crippen molar-refractivity contribution in [3.05, 3.63) is 45.9 Å². The fourth-order valence-electron chi connectivity index (χ4n) is 1.93. The van der Waals surface area contributed by atoms with Gasteiger partial charge in [-0.25, -0.2) is 17.5 Å². The second-order valence-electron chi connectivity index (χ2n) is 4.93. The Hall–Kier alpha value is -1.44. The second kappa shape index (κ2) is 6.13. The Balaban J connectivity index is 2.18. The number of benzene rings is 1. The molecule has 1 unspecified atom stereocenters. The van der Waals surface area contributed by atoms with Crippen molar-refractivity contribution in [2.24, 2.45) is 0 Å². The fourth-order valence-corrected chi connectivity index (χ4v) is 4.06. The van der Waals surface area contributed by atoms with Crippen LogP contribution in [0.25, 0.3) is 0 Å². The van der Waals surface area contributed by atoms with Crippen LogP contribution in [0.4, 0.5) is 10.1 Å². The number of anilines is 1. The van der Waals surface area contributed by atoms with Gasteiger partial charge in [0.25, 0.3) is 0 Å². The highest BCUT2D eigenvalue weighted by Crippen LogP contribution is 2.21. The minimum Gasteiger partial charge on any atom is -0.398 e. The van der Waals surface area contributed by atoms with Gasteiger partial charge in [0.15, 0.2) is 0 Å². The lowest BCUT2D eigenvalue weighted by molar-refractivity contribution is 0.558. The zero-order valence-electron chi connectivity index (χ0n) is 11.8. The molecule has 3 N–H and O–H groups in total. The Labute approximate surface area is 127 Å². The maximum absolute atomic E-state index is 13.6. The van der Waals surface area contributed by atoms with Gasteiger partial charge in [-0.2, -0.15) is 0 Å². The Kier molecular flexibility index (Phi) is 4.65. The molecule has 7 heteroatoms. The SMILES string of the molecule is Cc1c(N)cc(S(=O)(=O)NC(C)Cc2cccs2)cc1F. The molecule has 0 radical (unpaired) electrons. The van der Waals surface area contributed by atoms with E-state index in [1.807, 2.05) is 17.5 Å². The number of nitrogen functional groups attached to an aromatic ring is 1. The molecule has 0 aliphatic heterocycles. The minimum atomic E-state index is -3.79. The van der Waals surface area contributed by atoms with Gasteiger partial charge in [0.2, 0.25) is 10.0 Å². The van der Waals surface area contributed by atoms with E-state index in [2.05, 4.69) is 4.72 Å². The summed E-state index contributed by atoms with van der Waals surface area (Å²) < 4.78 is 40.7. The summed E-state index contributed by atoms with van der Waals surface area (Å²) in [6, 6.07) is 5.83. The lowest BCUT2D eigenvalue weighted by Crippen LogP contribution is -2.34. The van der Waals surface area contributed by atoms with Gasteiger partial charge in [-0.1, -0.05) is 6.07 Å². The van der Waals surface area contributed by atoms with Crippen LogP contribution in [-0.2, 0) is 16.4 Å². The standard InChI is InChI=1S/C14H17FN2O2S2/c1-9(6-11-4-3-5-20-11)17-21(18,19)12-7-13(15)10(2)14(16)8-12/h3-5,7-9,17H,6,16H2,1-2H3. The van der Waals surface area contributed by atoms with E-state index in [0.29, 0.717) is 6.42 Å². The van der Waals surface area contributed by atoms with Gasteiger partial charge in [-0.3, -0.25) is 0 Å². The molecule has 1 aromatic carbocycles. The molecule has 0 fully saturated rings. The summed E-state index contributed by atoms with van der Waals surface area (Å²) in [6.07, 6.45) is 0.584. The van der Waals surface area contributed by atoms with Crippen LogP contribution in [0.3, 0.4) is 0 Å². The van der Waals surface area contributed by atoms with Crippen molar-refractivity contribution >= 4 is 27.0 Å². The number of hydrogen-bond donors (Lipinski definition) is 2. The molecule has 2 rings (SSSR count). The number of nitrogens with one attached hydrogen (secondary N) is 1. The van der Waals surface area contributed by atoms with Gasteiger partial charge < -0.3 is 5.73 Å². The van der Waals surface area contributed by atoms with Crippen LogP contribution in [0.15, 0.2) is 34.5 Å². The molecule has 0 aliphatic carbocycles. The molecule has 0 spiro atoms. The first-order valence-corrected chi connectivity index (χ1v) is 8.76. The number of hydrogen-bond acceptors (Lipinski definition) is 4. The lowest BCUT2D eigenvalue weighted by Gasteiger charge is -2.14. The normalized spacial score (nSPS) is 13.3. The summed E-state index contributed by atoms with van der Waals surface area (Å²) in [4.78, 5) is 0.931. The predicted octanol–water partition coefficient (Wildman–Crippen LogP) is 2.69. The highest BCUT2D eigenvalue weighted by atomic mass is 32.2. The summed E-state index contributed by atoms with van der Waals surface area (Å²) >= 11 is 1.57. The van der Waals surface area contributed by atoms with Crippen LogP contribution in [0.1, 0.15) is 17.4 Å². The first kappa shape index (κ1) is 15.9. The molecule has 21 heavy (non-hydrogen) atoms. The topological polar surface area (TPSA) is 72.2 Å². The van der Waals surface area contributed by atoms with E-state index >= 15 is 0 Å². The molecule has 1 atom stereocenters. The average molecular weight is 328 g/mol. The summed E-state index contributed by atoms with van der Waals surface area (Å²) in [5, 5.41) is 1.94. The Morgan fingerprint density at radius 1 is 1.43 bits per heavy atom. The van der Waals surface area contributed by atoms with Crippen molar-refractivity contribution in [1.29, 1.82) is 0 Å². The van der Waals surface area contributed by atoms with E-state index in [-0.39, 0.29) is 22.2 Å². The third kappa shape index (κ3) is 3.81. The van der Waals surface area contributed by atoms with E-state index in [1.165, 1.54) is 13.0 Å². The molecule has 4 nitrogen and oxygen atoms in total. The minimum absolute atomic E-state index is 0.126. The number of sulfonamides is 1. The molecular formula is C14H17FN2O2S2. The van der Waals surface area contributed by atoms with Crippen LogP contribution in [0.5, 0.6) is 0 Å². The Bertz CT molecular complexity index is 704. The zero-order valence-corrected chi connectivity index (χ0v) is 13.4. The highest BCUT2D eigenvalue weighted by Gasteiger charge is 2.20. The van der Waals surface area contributed by atoms with Crippen molar-refractivity contribution < 1.29 is 12.8 Å². The molecule has 0 saturated heterocycles. The quantitative estimate of drug-likeness (QED) is 0.829. The third-order valence-corrected chi connectivity index (χ3v) is 5.58. The summed E-state index contributed by atoms with van der Waals surface area (Å²) in [5.41, 5.74) is 6.00. The van der Waals surface area contributed by atoms with E-state index in [1.54, 1.807) is 18.3 Å². The Morgan fingerprint density at radius 3 is 2.71 bits per heavy atom. The maximum Gasteiger partial charge on any atom is 0.240 e. The second-order valence-corrected chi connectivity index (χ2v) is 7.67. The summed E-state index contributed by atoms with van der Waals surface area (Å²) in [5.74, 6) is -0.624. The van der Waals surface area contributed by atoms with Crippen LogP contribution in [0, 0.1) is 12.7 Å². The fraction of sp³-hybridized carbons (Fsp3) is 0.286. The predicted molar refractivity (Wildman–Crippen MR) is 83.4 cm³/mol. The van der Waals surface area contributed by atoms with E-state index in [4.69, 9.17) is 5.73 Å². The molecule has 0 amide bonds. The lowest BCUT2D eigenvalue weighted by atomic mass is 10.2. The van der Waals surface area contributed by atoms with E-state index in [9.17, 15) is 12.8 Å². The van der Waals surface area contributed by atoms with Crippen LogP contribution in [0.2, 0.25) is 0 Å². The highest BCUT2D eigenvalue weighted by molar-refractivity contribution is 7.89. The number of halogens is 1. The van der Waals surface area contributed by atoms with Gasteiger partial charge in [-0.05, 0) is 43.8 Å². The molecule has 0 bridgehead atoms. The van der Waals surface area contributed by atoms with Gasteiger partial charge in [0.05, 0.1) is 4.90 Å². The van der Waals surface area contributed by atoms with Crippen molar-refractivity contribution in [3.63, 3.8) is 0 Å². The van der Waals surface area contributed by atoms with Crippen molar-refractivity contribution in [3.8, 4) is 0 Å². The van der Waals surface area contributed by atoms with Crippen molar-refractivity contribution in [1.82, 2.24) is 4.72 Å². The zero-order chi connectivity index (χ0) is 15.6. The third-order valence-electron chi connectivity index (χ3n) is 3.11. The first-order valence-electron chi connectivity index (χ1n) is 6.40. The van der Waals surface area contributed by atoms with Gasteiger partial charge in [0.1, 0.15) is 5.82 Å². The van der Waals surface area contributed by atoms with Gasteiger partial charge in [0, 0.05) is 22.2 Å². The maximum atomic E-state index is 13.6. The van der Waals surface area contributed by atoms with Crippen molar-refractivity contribution in [2.45, 2.75) is 31.2 Å². The molecule has 114 valence electrons. The monoisotopic (exact) mass is 328 g/mol. The molecule has 1 heterocycles. The smallest absolute Gasteiger partial charge is 0.240 e. The summed E-state index contributed by atoms with van der Waals surface area (Å²) in [6.45, 7) is 3.28.